The van der Waals surface area contributed by atoms with Crippen molar-refractivity contribution in [1.29, 1.82) is 0 Å². The Morgan fingerprint density at radius 2 is 1.84 bits per heavy atom. The zero-order valence-electron chi connectivity index (χ0n) is 14.0. The standard InChI is InChI=1S/C19H20N6/c1-2-4-17-16(3-1)21-11-19(23-17)24-10-8-15(12-24)25(14-5-6-14)18-7-9-20-13-22-18/h1-4,7,9,11,13-15H,5-6,8,10,12H2. The van der Waals surface area contributed by atoms with Crippen LogP contribution < -0.4 is 9.80 Å². The zero-order valence-corrected chi connectivity index (χ0v) is 14.0. The largest absolute Gasteiger partial charge is 0.353 e. The van der Waals surface area contributed by atoms with Crippen LogP contribution in [0.3, 0.4) is 0 Å². The predicted molar refractivity (Wildman–Crippen MR) is 97.7 cm³/mol. The SMILES string of the molecule is c1ccc2nc(N3CCC(N(c4ccncn4)C4CC4)C3)cnc2c1. The predicted octanol–water partition coefficient (Wildman–Crippen LogP) is 2.67. The third-order valence-electron chi connectivity index (χ3n) is 5.09. The number of anilines is 2. The number of hydrogen-bond donors (Lipinski definition) is 0. The fourth-order valence-electron chi connectivity index (χ4n) is 3.74. The molecule has 2 fully saturated rings. The maximum Gasteiger partial charge on any atom is 0.147 e. The van der Waals surface area contributed by atoms with Crippen molar-refractivity contribution in [2.75, 3.05) is 22.9 Å². The van der Waals surface area contributed by atoms with Gasteiger partial charge < -0.3 is 9.80 Å². The summed E-state index contributed by atoms with van der Waals surface area (Å²) in [6.45, 7) is 1.97. The number of para-hydroxylation sites is 2. The smallest absolute Gasteiger partial charge is 0.147 e. The van der Waals surface area contributed by atoms with E-state index in [-0.39, 0.29) is 0 Å². The van der Waals surface area contributed by atoms with Gasteiger partial charge in [0.1, 0.15) is 18.0 Å². The summed E-state index contributed by atoms with van der Waals surface area (Å²) in [7, 11) is 0. The molecule has 0 spiro atoms. The summed E-state index contributed by atoms with van der Waals surface area (Å²) in [5.41, 5.74) is 1.90. The van der Waals surface area contributed by atoms with Crippen LogP contribution in [-0.4, -0.2) is 45.1 Å². The molecule has 1 saturated carbocycles. The average molecular weight is 332 g/mol. The van der Waals surface area contributed by atoms with Crippen molar-refractivity contribution in [1.82, 2.24) is 19.9 Å². The third kappa shape index (κ3) is 2.77. The van der Waals surface area contributed by atoms with E-state index >= 15 is 0 Å². The van der Waals surface area contributed by atoms with E-state index in [1.54, 1.807) is 6.33 Å². The van der Waals surface area contributed by atoms with Crippen LogP contribution >= 0.6 is 0 Å². The van der Waals surface area contributed by atoms with Gasteiger partial charge in [-0.1, -0.05) is 12.1 Å². The van der Waals surface area contributed by atoms with E-state index in [1.165, 1.54) is 12.8 Å². The topological polar surface area (TPSA) is 58.0 Å². The highest BCUT2D eigenvalue weighted by Crippen LogP contribution is 2.35. The summed E-state index contributed by atoms with van der Waals surface area (Å²) in [5, 5.41) is 0. The van der Waals surface area contributed by atoms with E-state index < -0.39 is 0 Å². The van der Waals surface area contributed by atoms with Crippen LogP contribution in [-0.2, 0) is 0 Å². The van der Waals surface area contributed by atoms with Gasteiger partial charge in [-0.05, 0) is 37.5 Å². The van der Waals surface area contributed by atoms with Crippen molar-refractivity contribution in [3.63, 3.8) is 0 Å². The van der Waals surface area contributed by atoms with Crippen molar-refractivity contribution in [2.45, 2.75) is 31.3 Å². The van der Waals surface area contributed by atoms with Gasteiger partial charge in [-0.3, -0.25) is 4.98 Å². The van der Waals surface area contributed by atoms with E-state index in [0.29, 0.717) is 12.1 Å². The van der Waals surface area contributed by atoms with Gasteiger partial charge in [0.05, 0.1) is 17.2 Å². The highest BCUT2D eigenvalue weighted by atomic mass is 15.3. The summed E-state index contributed by atoms with van der Waals surface area (Å²) >= 11 is 0. The molecule has 6 heteroatoms. The van der Waals surface area contributed by atoms with Crippen LogP contribution in [0, 0.1) is 0 Å². The molecule has 1 aliphatic carbocycles. The molecule has 0 amide bonds. The van der Waals surface area contributed by atoms with Crippen molar-refractivity contribution < 1.29 is 0 Å². The summed E-state index contributed by atoms with van der Waals surface area (Å²) in [6, 6.07) is 11.2. The minimum Gasteiger partial charge on any atom is -0.353 e. The normalized spacial score (nSPS) is 20.2. The minimum atomic E-state index is 0.468. The first kappa shape index (κ1) is 14.6. The van der Waals surface area contributed by atoms with Gasteiger partial charge in [0, 0.05) is 31.4 Å². The van der Waals surface area contributed by atoms with Gasteiger partial charge in [-0.15, -0.1) is 0 Å². The monoisotopic (exact) mass is 332 g/mol. The molecule has 5 rings (SSSR count). The second-order valence-corrected chi connectivity index (χ2v) is 6.81. The fraction of sp³-hybridized carbons (Fsp3) is 0.368. The van der Waals surface area contributed by atoms with Crippen LogP contribution in [0.4, 0.5) is 11.6 Å². The first-order chi connectivity index (χ1) is 12.4. The molecular formula is C19H20N6. The number of aromatic nitrogens is 4. The van der Waals surface area contributed by atoms with Gasteiger partial charge in [-0.2, -0.15) is 0 Å². The Bertz CT molecular complexity index is 879. The van der Waals surface area contributed by atoms with Gasteiger partial charge >= 0.3 is 0 Å². The second-order valence-electron chi connectivity index (χ2n) is 6.81. The number of nitrogens with zero attached hydrogens (tertiary/aromatic N) is 6. The van der Waals surface area contributed by atoms with Crippen LogP contribution in [0.2, 0.25) is 0 Å². The molecule has 1 atom stereocenters. The quantitative estimate of drug-likeness (QED) is 0.732. The maximum atomic E-state index is 4.80. The molecule has 1 unspecified atom stereocenters. The molecule has 25 heavy (non-hydrogen) atoms. The Hall–Kier alpha value is -2.76. The first-order valence-electron chi connectivity index (χ1n) is 8.89. The van der Waals surface area contributed by atoms with Crippen molar-refractivity contribution >= 4 is 22.7 Å². The summed E-state index contributed by atoms with van der Waals surface area (Å²) in [6.07, 6.45) is 9.02. The summed E-state index contributed by atoms with van der Waals surface area (Å²) in [4.78, 5) is 22.8. The van der Waals surface area contributed by atoms with E-state index in [4.69, 9.17) is 4.98 Å². The number of rotatable bonds is 4. The maximum absolute atomic E-state index is 4.80. The Morgan fingerprint density at radius 3 is 2.64 bits per heavy atom. The molecule has 1 aromatic carbocycles. The van der Waals surface area contributed by atoms with E-state index in [2.05, 4.69) is 24.8 Å². The van der Waals surface area contributed by atoms with Gasteiger partial charge in [0.25, 0.3) is 0 Å². The molecule has 0 bridgehead atoms. The van der Waals surface area contributed by atoms with Crippen molar-refractivity contribution in [3.05, 3.63) is 49.1 Å². The molecule has 0 N–H and O–H groups in total. The Labute approximate surface area is 146 Å². The lowest BCUT2D eigenvalue weighted by atomic mass is 10.2. The van der Waals surface area contributed by atoms with Crippen LogP contribution in [0.15, 0.2) is 49.1 Å². The van der Waals surface area contributed by atoms with E-state index in [0.717, 1.165) is 42.2 Å². The zero-order chi connectivity index (χ0) is 16.6. The molecule has 6 nitrogen and oxygen atoms in total. The molecule has 1 saturated heterocycles. The van der Waals surface area contributed by atoms with Crippen LogP contribution in [0.25, 0.3) is 11.0 Å². The lowest BCUT2D eigenvalue weighted by Crippen LogP contribution is -2.40. The second kappa shape index (κ2) is 5.95. The van der Waals surface area contributed by atoms with Crippen molar-refractivity contribution in [2.24, 2.45) is 0 Å². The molecular weight excluding hydrogens is 312 g/mol. The van der Waals surface area contributed by atoms with Crippen LogP contribution in [0.1, 0.15) is 19.3 Å². The lowest BCUT2D eigenvalue weighted by molar-refractivity contribution is 0.624. The molecule has 126 valence electrons. The van der Waals surface area contributed by atoms with E-state index in [1.807, 2.05) is 42.7 Å². The molecule has 2 aliphatic rings. The van der Waals surface area contributed by atoms with E-state index in [9.17, 15) is 0 Å². The Morgan fingerprint density at radius 1 is 0.960 bits per heavy atom. The molecule has 3 aromatic rings. The fourth-order valence-corrected chi connectivity index (χ4v) is 3.74. The first-order valence-corrected chi connectivity index (χ1v) is 8.89. The third-order valence-corrected chi connectivity index (χ3v) is 5.09. The minimum absolute atomic E-state index is 0.468. The summed E-state index contributed by atoms with van der Waals surface area (Å²) in [5.74, 6) is 2.02. The molecule has 3 heterocycles. The Kier molecular flexibility index (Phi) is 3.47. The highest BCUT2D eigenvalue weighted by Gasteiger charge is 2.38. The van der Waals surface area contributed by atoms with Gasteiger partial charge in [0.15, 0.2) is 0 Å². The molecule has 1 aliphatic heterocycles. The average Bonchev–Trinajstić information content (AvgIpc) is 3.38. The van der Waals surface area contributed by atoms with Crippen LogP contribution in [0.5, 0.6) is 0 Å². The number of hydrogen-bond acceptors (Lipinski definition) is 6. The highest BCUT2D eigenvalue weighted by molar-refractivity contribution is 5.75. The number of benzene rings is 1. The van der Waals surface area contributed by atoms with Gasteiger partial charge in [0.2, 0.25) is 0 Å². The molecule has 2 aromatic heterocycles. The summed E-state index contributed by atoms with van der Waals surface area (Å²) < 4.78 is 0. The van der Waals surface area contributed by atoms with Crippen molar-refractivity contribution in [3.8, 4) is 0 Å². The van der Waals surface area contributed by atoms with Gasteiger partial charge in [-0.25, -0.2) is 15.0 Å². The Balaban J connectivity index is 1.39. The lowest BCUT2D eigenvalue weighted by Gasteiger charge is -2.30. The number of fused-ring (bicyclic) bond motifs is 1. The molecule has 0 radical (unpaired) electrons.